The maximum absolute atomic E-state index is 13.1. The minimum atomic E-state index is -0.391. The highest BCUT2D eigenvalue weighted by Gasteiger charge is 2.38. The SMILES string of the molecule is Cc1ccccc1N1C(=O)c2ccccc2[C@@H]1Nc1c(Cl)cccc1Cl. The fourth-order valence-corrected chi connectivity index (χ4v) is 3.82. The van der Waals surface area contributed by atoms with Gasteiger partial charge in [0, 0.05) is 16.8 Å². The second-order valence-corrected chi connectivity index (χ2v) is 7.01. The number of halogens is 2. The molecule has 0 fully saturated rings. The summed E-state index contributed by atoms with van der Waals surface area (Å²) in [6.07, 6.45) is -0.391. The molecule has 130 valence electrons. The van der Waals surface area contributed by atoms with Crippen LogP contribution in [0, 0.1) is 6.92 Å². The van der Waals surface area contributed by atoms with Crippen molar-refractivity contribution in [2.24, 2.45) is 0 Å². The molecule has 1 aliphatic heterocycles. The summed E-state index contributed by atoms with van der Waals surface area (Å²) in [6, 6.07) is 20.8. The van der Waals surface area contributed by atoms with Gasteiger partial charge in [0.2, 0.25) is 0 Å². The van der Waals surface area contributed by atoms with Gasteiger partial charge in [0.05, 0.1) is 15.7 Å². The first-order valence-electron chi connectivity index (χ1n) is 8.26. The van der Waals surface area contributed by atoms with Crippen LogP contribution in [0.25, 0.3) is 0 Å². The highest BCUT2D eigenvalue weighted by molar-refractivity contribution is 6.39. The molecule has 1 amide bonds. The highest BCUT2D eigenvalue weighted by atomic mass is 35.5. The molecule has 1 heterocycles. The molecular weight excluding hydrogens is 367 g/mol. The zero-order chi connectivity index (χ0) is 18.3. The first kappa shape index (κ1) is 17.0. The number of amides is 1. The molecule has 3 aromatic carbocycles. The molecule has 5 heteroatoms. The van der Waals surface area contributed by atoms with Crippen molar-refractivity contribution in [2.75, 3.05) is 10.2 Å². The Hall–Kier alpha value is -2.49. The topological polar surface area (TPSA) is 32.3 Å². The van der Waals surface area contributed by atoms with E-state index in [1.165, 1.54) is 0 Å². The van der Waals surface area contributed by atoms with E-state index >= 15 is 0 Å². The van der Waals surface area contributed by atoms with E-state index in [9.17, 15) is 4.79 Å². The first-order chi connectivity index (χ1) is 12.6. The first-order valence-corrected chi connectivity index (χ1v) is 9.02. The third-order valence-corrected chi connectivity index (χ3v) is 5.21. The number of hydrogen-bond donors (Lipinski definition) is 1. The van der Waals surface area contributed by atoms with Crippen molar-refractivity contribution < 1.29 is 4.79 Å². The Labute approximate surface area is 162 Å². The quantitative estimate of drug-likeness (QED) is 0.595. The van der Waals surface area contributed by atoms with Gasteiger partial charge in [-0.2, -0.15) is 0 Å². The molecule has 0 unspecified atom stereocenters. The number of hydrogen-bond acceptors (Lipinski definition) is 2. The summed E-state index contributed by atoms with van der Waals surface area (Å²) in [5, 5.41) is 4.41. The summed E-state index contributed by atoms with van der Waals surface area (Å²) in [5.41, 5.74) is 4.07. The Balaban J connectivity index is 1.86. The van der Waals surface area contributed by atoms with E-state index in [1.807, 2.05) is 55.5 Å². The molecule has 3 nitrogen and oxygen atoms in total. The monoisotopic (exact) mass is 382 g/mol. The van der Waals surface area contributed by atoms with Crippen LogP contribution in [-0.4, -0.2) is 5.91 Å². The minimum Gasteiger partial charge on any atom is -0.359 e. The van der Waals surface area contributed by atoms with Crippen LogP contribution < -0.4 is 10.2 Å². The van der Waals surface area contributed by atoms with Crippen molar-refractivity contribution in [1.29, 1.82) is 0 Å². The minimum absolute atomic E-state index is 0.0458. The molecule has 0 bridgehead atoms. The van der Waals surface area contributed by atoms with Crippen molar-refractivity contribution in [1.82, 2.24) is 0 Å². The van der Waals surface area contributed by atoms with E-state index in [1.54, 1.807) is 23.1 Å². The molecule has 1 N–H and O–H groups in total. The average Bonchev–Trinajstić information content (AvgIpc) is 2.91. The summed E-state index contributed by atoms with van der Waals surface area (Å²) < 4.78 is 0. The van der Waals surface area contributed by atoms with Crippen LogP contribution in [0.2, 0.25) is 10.0 Å². The fourth-order valence-electron chi connectivity index (χ4n) is 3.31. The predicted molar refractivity (Wildman–Crippen MR) is 107 cm³/mol. The van der Waals surface area contributed by atoms with E-state index < -0.39 is 6.17 Å². The predicted octanol–water partition coefficient (Wildman–Crippen LogP) is 6.07. The van der Waals surface area contributed by atoms with Gasteiger partial charge in [0.25, 0.3) is 5.91 Å². The lowest BCUT2D eigenvalue weighted by Gasteiger charge is -2.29. The number of carbonyl (C=O) groups is 1. The van der Waals surface area contributed by atoms with Gasteiger partial charge in [-0.25, -0.2) is 0 Å². The number of rotatable bonds is 3. The summed E-state index contributed by atoms with van der Waals surface area (Å²) >= 11 is 12.7. The number of nitrogens with zero attached hydrogens (tertiary/aromatic N) is 1. The fraction of sp³-hybridized carbons (Fsp3) is 0.0952. The third kappa shape index (κ3) is 2.74. The lowest BCUT2D eigenvalue weighted by molar-refractivity contribution is 0.0993. The second kappa shape index (κ2) is 6.67. The number of benzene rings is 3. The Morgan fingerprint density at radius 1 is 0.885 bits per heavy atom. The summed E-state index contributed by atoms with van der Waals surface area (Å²) in [7, 11) is 0. The molecule has 26 heavy (non-hydrogen) atoms. The maximum Gasteiger partial charge on any atom is 0.260 e. The summed E-state index contributed by atoms with van der Waals surface area (Å²) in [5.74, 6) is -0.0458. The number of anilines is 2. The van der Waals surface area contributed by atoms with Crippen LogP contribution in [0.4, 0.5) is 11.4 Å². The van der Waals surface area contributed by atoms with Crippen LogP contribution in [0.1, 0.15) is 27.7 Å². The van der Waals surface area contributed by atoms with Gasteiger partial charge in [0.1, 0.15) is 6.17 Å². The number of aryl methyl sites for hydroxylation is 1. The molecular formula is C21H16Cl2N2O. The Morgan fingerprint density at radius 2 is 1.54 bits per heavy atom. The number of nitrogens with one attached hydrogen (secondary N) is 1. The second-order valence-electron chi connectivity index (χ2n) is 6.19. The highest BCUT2D eigenvalue weighted by Crippen LogP contribution is 2.41. The molecule has 1 atom stereocenters. The van der Waals surface area contributed by atoms with E-state index in [4.69, 9.17) is 23.2 Å². The van der Waals surface area contributed by atoms with Crippen LogP contribution in [-0.2, 0) is 0 Å². The van der Waals surface area contributed by atoms with Crippen molar-refractivity contribution in [3.63, 3.8) is 0 Å². The standard InChI is InChI=1S/C21H16Cl2N2O/c1-13-7-2-5-12-18(13)25-20(14-8-3-4-9-15(14)21(25)26)24-19-16(22)10-6-11-17(19)23/h2-12,20,24H,1H3/t20-/m1/s1. The molecule has 0 spiro atoms. The van der Waals surface area contributed by atoms with Gasteiger partial charge in [-0.3, -0.25) is 9.69 Å². The van der Waals surface area contributed by atoms with Crippen LogP contribution in [0.3, 0.4) is 0 Å². The Bertz CT molecular complexity index is 983. The van der Waals surface area contributed by atoms with Gasteiger partial charge in [0.15, 0.2) is 0 Å². The molecule has 0 aliphatic carbocycles. The van der Waals surface area contributed by atoms with E-state index in [0.29, 0.717) is 21.3 Å². The smallest absolute Gasteiger partial charge is 0.260 e. The van der Waals surface area contributed by atoms with Crippen molar-refractivity contribution >= 4 is 40.5 Å². The van der Waals surface area contributed by atoms with Gasteiger partial charge >= 0.3 is 0 Å². The van der Waals surface area contributed by atoms with Gasteiger partial charge in [-0.05, 0) is 36.8 Å². The Kier molecular flexibility index (Phi) is 4.35. The van der Waals surface area contributed by atoms with E-state index in [-0.39, 0.29) is 5.91 Å². The van der Waals surface area contributed by atoms with E-state index in [2.05, 4.69) is 5.32 Å². The molecule has 1 aliphatic rings. The lowest BCUT2D eigenvalue weighted by atomic mass is 10.1. The average molecular weight is 383 g/mol. The van der Waals surface area contributed by atoms with Crippen LogP contribution in [0.15, 0.2) is 66.7 Å². The Morgan fingerprint density at radius 3 is 2.27 bits per heavy atom. The molecule has 0 aromatic heterocycles. The van der Waals surface area contributed by atoms with Gasteiger partial charge in [-0.1, -0.05) is 65.7 Å². The molecule has 0 saturated carbocycles. The molecule has 0 radical (unpaired) electrons. The summed E-state index contributed by atoms with van der Waals surface area (Å²) in [6.45, 7) is 1.99. The molecule has 4 rings (SSSR count). The van der Waals surface area contributed by atoms with Gasteiger partial charge < -0.3 is 5.32 Å². The summed E-state index contributed by atoms with van der Waals surface area (Å²) in [4.78, 5) is 14.9. The normalized spacial score (nSPS) is 15.9. The zero-order valence-corrected chi connectivity index (χ0v) is 15.6. The third-order valence-electron chi connectivity index (χ3n) is 4.58. The molecule has 3 aromatic rings. The van der Waals surface area contributed by atoms with Crippen molar-refractivity contribution in [3.8, 4) is 0 Å². The zero-order valence-electron chi connectivity index (χ0n) is 14.0. The van der Waals surface area contributed by atoms with Crippen molar-refractivity contribution in [2.45, 2.75) is 13.1 Å². The van der Waals surface area contributed by atoms with Crippen molar-refractivity contribution in [3.05, 3.63) is 93.5 Å². The number of carbonyl (C=O) groups excluding carboxylic acids is 1. The van der Waals surface area contributed by atoms with Gasteiger partial charge in [-0.15, -0.1) is 0 Å². The largest absolute Gasteiger partial charge is 0.359 e. The van der Waals surface area contributed by atoms with E-state index in [0.717, 1.165) is 16.8 Å². The maximum atomic E-state index is 13.1. The van der Waals surface area contributed by atoms with Crippen LogP contribution >= 0.6 is 23.2 Å². The number of fused-ring (bicyclic) bond motifs is 1. The van der Waals surface area contributed by atoms with Crippen LogP contribution in [0.5, 0.6) is 0 Å². The lowest BCUT2D eigenvalue weighted by Crippen LogP contribution is -2.33. The molecule has 0 saturated heterocycles. The number of para-hydroxylation sites is 2.